The number of nitrogens with zero attached hydrogens (tertiary/aromatic N) is 1. The summed E-state index contributed by atoms with van der Waals surface area (Å²) in [4.78, 5) is 25.7. The molecule has 0 heterocycles. The third-order valence-corrected chi connectivity index (χ3v) is 7.23. The van der Waals surface area contributed by atoms with Crippen LogP contribution >= 0.6 is 11.6 Å². The van der Waals surface area contributed by atoms with E-state index in [9.17, 15) is 18.0 Å². The number of hydrogen-bond acceptors (Lipinski definition) is 4. The van der Waals surface area contributed by atoms with Gasteiger partial charge in [0.2, 0.25) is 5.91 Å². The third-order valence-electron chi connectivity index (χ3n) is 5.13. The van der Waals surface area contributed by atoms with Gasteiger partial charge in [-0.2, -0.15) is 0 Å². The Balaban J connectivity index is 1.91. The fourth-order valence-electron chi connectivity index (χ4n) is 3.29. The first-order valence-corrected chi connectivity index (χ1v) is 12.9. The molecular weight excluding hydrogens is 486 g/mol. The van der Waals surface area contributed by atoms with Crippen LogP contribution < -0.4 is 14.9 Å². The number of nitrogens with one attached hydrogen (secondary N) is 2. The van der Waals surface area contributed by atoms with E-state index in [1.54, 1.807) is 54.6 Å². The molecule has 0 spiro atoms. The van der Waals surface area contributed by atoms with Crippen molar-refractivity contribution < 1.29 is 18.0 Å². The zero-order chi connectivity index (χ0) is 25.6. The minimum Gasteiger partial charge on any atom is -0.352 e. The van der Waals surface area contributed by atoms with Crippen LogP contribution in [0.5, 0.6) is 0 Å². The highest BCUT2D eigenvalue weighted by Gasteiger charge is 2.29. The third kappa shape index (κ3) is 6.61. The molecule has 3 aromatic carbocycles. The first-order valence-electron chi connectivity index (χ1n) is 11.1. The van der Waals surface area contributed by atoms with E-state index in [0.29, 0.717) is 6.54 Å². The Morgan fingerprint density at radius 1 is 0.943 bits per heavy atom. The highest BCUT2D eigenvalue weighted by molar-refractivity contribution is 7.92. The van der Waals surface area contributed by atoms with Gasteiger partial charge in [-0.15, -0.1) is 0 Å². The summed E-state index contributed by atoms with van der Waals surface area (Å²) < 4.78 is 28.0. The number of anilines is 2. The van der Waals surface area contributed by atoms with Crippen molar-refractivity contribution in [3.8, 4) is 0 Å². The number of carbonyl (C=O) groups excluding carboxylic acids is 2. The summed E-state index contributed by atoms with van der Waals surface area (Å²) in [6.07, 6.45) is 0. The zero-order valence-electron chi connectivity index (χ0n) is 19.8. The molecule has 0 saturated heterocycles. The van der Waals surface area contributed by atoms with E-state index in [2.05, 4.69) is 10.6 Å². The average Bonchev–Trinajstić information content (AvgIpc) is 2.82. The van der Waals surface area contributed by atoms with E-state index in [1.807, 2.05) is 20.8 Å². The number of hydrogen-bond donors (Lipinski definition) is 2. The summed E-state index contributed by atoms with van der Waals surface area (Å²) in [6, 6.07) is 19.3. The van der Waals surface area contributed by atoms with E-state index < -0.39 is 22.5 Å². The first kappa shape index (κ1) is 26.2. The average molecular weight is 514 g/mol. The van der Waals surface area contributed by atoms with Gasteiger partial charge in [0, 0.05) is 6.54 Å². The van der Waals surface area contributed by atoms with Crippen LogP contribution in [0.1, 0.15) is 29.8 Å². The van der Waals surface area contributed by atoms with Gasteiger partial charge in [-0.1, -0.05) is 67.4 Å². The molecule has 0 unspecified atom stereocenters. The molecule has 0 aliphatic carbocycles. The maximum absolute atomic E-state index is 13.5. The van der Waals surface area contributed by atoms with Crippen molar-refractivity contribution in [1.82, 2.24) is 5.32 Å². The molecule has 3 aromatic rings. The van der Waals surface area contributed by atoms with Crippen LogP contribution in [0.3, 0.4) is 0 Å². The second kappa shape index (κ2) is 11.4. The van der Waals surface area contributed by atoms with Crippen LogP contribution in [0.15, 0.2) is 77.7 Å². The van der Waals surface area contributed by atoms with Gasteiger partial charge in [0.05, 0.1) is 26.9 Å². The quantitative estimate of drug-likeness (QED) is 0.426. The lowest BCUT2D eigenvalue weighted by Gasteiger charge is -2.25. The Hall–Kier alpha value is -3.36. The molecule has 0 saturated carbocycles. The van der Waals surface area contributed by atoms with Gasteiger partial charge in [0.25, 0.3) is 15.9 Å². The molecular formula is C26H28ClN3O4S. The molecule has 2 N–H and O–H groups in total. The van der Waals surface area contributed by atoms with Crippen LogP contribution in [0, 0.1) is 12.8 Å². The van der Waals surface area contributed by atoms with Crippen molar-refractivity contribution in [2.24, 2.45) is 5.92 Å². The molecule has 0 bridgehead atoms. The van der Waals surface area contributed by atoms with Crippen molar-refractivity contribution in [2.45, 2.75) is 25.7 Å². The largest absolute Gasteiger partial charge is 0.352 e. The number of benzene rings is 3. The fourth-order valence-corrected chi connectivity index (χ4v) is 5.02. The van der Waals surface area contributed by atoms with Gasteiger partial charge in [-0.05, 0) is 49.2 Å². The van der Waals surface area contributed by atoms with E-state index in [4.69, 9.17) is 11.6 Å². The maximum atomic E-state index is 13.5. The highest BCUT2D eigenvalue weighted by Crippen LogP contribution is 2.30. The minimum absolute atomic E-state index is 0.0317. The standard InChI is InChI=1S/C26H28ClN3O4S/c1-18(2)16-28-26(32)21-8-4-6-10-23(21)29-25(31)17-30(24-11-7-5-9-22(24)27)35(33,34)20-14-12-19(3)13-15-20/h4-15,18H,16-17H2,1-3H3,(H,28,32)(H,29,31). The number of para-hydroxylation sites is 2. The van der Waals surface area contributed by atoms with Crippen molar-refractivity contribution in [2.75, 3.05) is 22.7 Å². The van der Waals surface area contributed by atoms with E-state index in [1.165, 1.54) is 18.2 Å². The van der Waals surface area contributed by atoms with Crippen molar-refractivity contribution in [3.05, 3.63) is 88.9 Å². The molecule has 184 valence electrons. The number of aryl methyl sites for hydroxylation is 1. The summed E-state index contributed by atoms with van der Waals surface area (Å²) >= 11 is 6.32. The number of sulfonamides is 1. The molecule has 0 aromatic heterocycles. The van der Waals surface area contributed by atoms with E-state index >= 15 is 0 Å². The summed E-state index contributed by atoms with van der Waals surface area (Å²) in [6.45, 7) is 5.75. The normalized spacial score (nSPS) is 11.2. The van der Waals surface area contributed by atoms with Gasteiger partial charge in [0.15, 0.2) is 0 Å². The van der Waals surface area contributed by atoms with Gasteiger partial charge in [-0.25, -0.2) is 8.42 Å². The smallest absolute Gasteiger partial charge is 0.264 e. The Labute approximate surface area is 211 Å². The highest BCUT2D eigenvalue weighted by atomic mass is 35.5. The van der Waals surface area contributed by atoms with Gasteiger partial charge in [0.1, 0.15) is 6.54 Å². The van der Waals surface area contributed by atoms with Crippen molar-refractivity contribution in [3.63, 3.8) is 0 Å². The number of rotatable bonds is 9. The Morgan fingerprint density at radius 3 is 2.23 bits per heavy atom. The Morgan fingerprint density at radius 2 is 1.57 bits per heavy atom. The SMILES string of the molecule is Cc1ccc(S(=O)(=O)N(CC(=O)Nc2ccccc2C(=O)NCC(C)C)c2ccccc2Cl)cc1. The number of carbonyl (C=O) groups is 2. The van der Waals surface area contributed by atoms with Crippen LogP contribution in [0.4, 0.5) is 11.4 Å². The van der Waals surface area contributed by atoms with E-state index in [-0.39, 0.29) is 38.7 Å². The maximum Gasteiger partial charge on any atom is 0.264 e. The molecule has 7 nitrogen and oxygen atoms in total. The summed E-state index contributed by atoms with van der Waals surface area (Å²) in [5.41, 5.74) is 1.64. The second-order valence-electron chi connectivity index (χ2n) is 8.47. The Kier molecular flexibility index (Phi) is 8.53. The topological polar surface area (TPSA) is 95.6 Å². The molecule has 0 aliphatic rings. The summed E-state index contributed by atoms with van der Waals surface area (Å²) in [7, 11) is -4.12. The van der Waals surface area contributed by atoms with Crippen LogP contribution in [0.2, 0.25) is 5.02 Å². The van der Waals surface area contributed by atoms with Crippen LogP contribution in [-0.2, 0) is 14.8 Å². The summed E-state index contributed by atoms with van der Waals surface area (Å²) in [5, 5.41) is 5.69. The molecule has 35 heavy (non-hydrogen) atoms. The predicted octanol–water partition coefficient (Wildman–Crippen LogP) is 4.87. The molecule has 0 fully saturated rings. The molecule has 2 amide bonds. The molecule has 9 heteroatoms. The van der Waals surface area contributed by atoms with Gasteiger partial charge < -0.3 is 10.6 Å². The van der Waals surface area contributed by atoms with E-state index in [0.717, 1.165) is 9.87 Å². The summed E-state index contributed by atoms with van der Waals surface area (Å²) in [5.74, 6) is -0.689. The lowest BCUT2D eigenvalue weighted by atomic mass is 10.1. The molecule has 0 radical (unpaired) electrons. The molecule has 0 aliphatic heterocycles. The lowest BCUT2D eigenvalue weighted by molar-refractivity contribution is -0.114. The van der Waals surface area contributed by atoms with Crippen LogP contribution in [-0.4, -0.2) is 33.3 Å². The van der Waals surface area contributed by atoms with Crippen molar-refractivity contribution in [1.29, 1.82) is 0 Å². The lowest BCUT2D eigenvalue weighted by Crippen LogP contribution is -2.38. The number of halogens is 1. The fraction of sp³-hybridized carbons (Fsp3) is 0.231. The molecule has 3 rings (SSSR count). The van der Waals surface area contributed by atoms with Crippen LogP contribution in [0.25, 0.3) is 0 Å². The Bertz CT molecular complexity index is 1310. The predicted molar refractivity (Wildman–Crippen MR) is 139 cm³/mol. The molecule has 0 atom stereocenters. The monoisotopic (exact) mass is 513 g/mol. The zero-order valence-corrected chi connectivity index (χ0v) is 21.4. The van der Waals surface area contributed by atoms with Crippen molar-refractivity contribution >= 4 is 44.8 Å². The minimum atomic E-state index is -4.12. The first-order chi connectivity index (χ1) is 16.6. The van der Waals surface area contributed by atoms with Gasteiger partial charge >= 0.3 is 0 Å². The van der Waals surface area contributed by atoms with Gasteiger partial charge in [-0.3, -0.25) is 13.9 Å². The number of amides is 2. The second-order valence-corrected chi connectivity index (χ2v) is 10.7.